The van der Waals surface area contributed by atoms with Crippen LogP contribution >= 0.6 is 11.6 Å². The molecule has 2 aromatic rings. The van der Waals surface area contributed by atoms with E-state index in [1.54, 1.807) is 24.9 Å². The van der Waals surface area contributed by atoms with Crippen molar-refractivity contribution in [1.82, 2.24) is 9.78 Å². The van der Waals surface area contributed by atoms with E-state index < -0.39 is 6.29 Å². The van der Waals surface area contributed by atoms with Gasteiger partial charge in [-0.2, -0.15) is 5.10 Å². The first-order chi connectivity index (χ1) is 15.5. The molecule has 1 aromatic heterocycles. The highest BCUT2D eigenvalue weighted by atomic mass is 35.5. The van der Waals surface area contributed by atoms with Gasteiger partial charge in [0, 0.05) is 38.7 Å². The number of hydrogen-bond acceptors (Lipinski definition) is 5. The second-order valence-corrected chi connectivity index (χ2v) is 9.32. The maximum atomic E-state index is 12.1. The van der Waals surface area contributed by atoms with E-state index in [1.807, 2.05) is 32.9 Å². The lowest BCUT2D eigenvalue weighted by atomic mass is 9.86. The molecule has 0 amide bonds. The molecule has 180 valence electrons. The van der Waals surface area contributed by atoms with Gasteiger partial charge in [0.2, 0.25) is 6.29 Å². The van der Waals surface area contributed by atoms with Crippen molar-refractivity contribution < 1.29 is 14.3 Å². The molecule has 0 spiro atoms. The third-order valence-electron chi connectivity index (χ3n) is 5.17. The second-order valence-electron chi connectivity index (χ2n) is 8.95. The monoisotopic (exact) mass is 473 g/mol. The van der Waals surface area contributed by atoms with Gasteiger partial charge in [-0.15, -0.1) is 0 Å². The van der Waals surface area contributed by atoms with Crippen LogP contribution in [-0.2, 0) is 26.2 Å². The number of rotatable bonds is 9. The summed E-state index contributed by atoms with van der Waals surface area (Å²) in [4.78, 5) is 16.4. The number of benzene rings is 1. The van der Waals surface area contributed by atoms with Crippen molar-refractivity contribution in [2.75, 3.05) is 7.05 Å². The Morgan fingerprint density at radius 2 is 1.85 bits per heavy atom. The van der Waals surface area contributed by atoms with E-state index in [2.05, 4.69) is 43.0 Å². The number of allylic oxidation sites excluding steroid dienone is 1. The summed E-state index contributed by atoms with van der Waals surface area (Å²) >= 11 is 6.69. The summed E-state index contributed by atoms with van der Waals surface area (Å²) in [5, 5.41) is 5.04. The van der Waals surface area contributed by atoms with Gasteiger partial charge in [-0.05, 0) is 36.8 Å². The van der Waals surface area contributed by atoms with E-state index in [9.17, 15) is 4.79 Å². The minimum absolute atomic E-state index is 0.0316. The molecule has 7 heteroatoms. The zero-order chi connectivity index (χ0) is 24.8. The smallest absolute Gasteiger partial charge is 0.308 e. The third kappa shape index (κ3) is 6.70. The molecule has 0 aliphatic carbocycles. The molecule has 0 saturated heterocycles. The number of ether oxygens (including phenoxy) is 2. The van der Waals surface area contributed by atoms with Gasteiger partial charge in [0.05, 0.1) is 10.7 Å². The van der Waals surface area contributed by atoms with Crippen molar-refractivity contribution in [2.24, 2.45) is 4.99 Å². The van der Waals surface area contributed by atoms with E-state index in [0.29, 0.717) is 41.6 Å². The number of esters is 1. The van der Waals surface area contributed by atoms with Crippen LogP contribution in [0.4, 0.5) is 0 Å². The molecule has 0 fully saturated rings. The predicted molar refractivity (Wildman–Crippen MR) is 136 cm³/mol. The summed E-state index contributed by atoms with van der Waals surface area (Å²) in [5.41, 5.74) is 4.21. The van der Waals surface area contributed by atoms with Gasteiger partial charge in [0.15, 0.2) is 5.76 Å². The number of nitrogens with zero attached hydrogens (tertiary/aromatic N) is 3. The molecular weight excluding hydrogens is 438 g/mol. The second kappa shape index (κ2) is 11.5. The molecule has 0 aliphatic rings. The van der Waals surface area contributed by atoms with Gasteiger partial charge in [-0.25, -0.2) is 0 Å². The van der Waals surface area contributed by atoms with Crippen LogP contribution in [-0.4, -0.2) is 35.3 Å². The van der Waals surface area contributed by atoms with Gasteiger partial charge in [0.1, 0.15) is 5.69 Å². The first-order valence-corrected chi connectivity index (χ1v) is 11.8. The third-order valence-corrected chi connectivity index (χ3v) is 5.62. The number of carbonyl (C=O) groups excluding carboxylic acids is 1. The lowest BCUT2D eigenvalue weighted by Gasteiger charge is -2.22. The van der Waals surface area contributed by atoms with E-state index in [4.69, 9.17) is 21.1 Å². The van der Waals surface area contributed by atoms with Crippen molar-refractivity contribution in [2.45, 2.75) is 79.6 Å². The highest BCUT2D eigenvalue weighted by Crippen LogP contribution is 2.35. The minimum atomic E-state index is -0.815. The van der Waals surface area contributed by atoms with E-state index in [-0.39, 0.29) is 11.4 Å². The minimum Gasteiger partial charge on any atom is -0.452 e. The molecule has 2 rings (SSSR count). The number of aryl methyl sites for hydroxylation is 2. The SMILES string of the molecule is CCCC(=O)OC(C)O/C(=C(/C=NC)c1ccc(C(C)(C)C)cc1)c1c(Cl)c(C)nn1CC. The average molecular weight is 474 g/mol. The van der Waals surface area contributed by atoms with Crippen LogP contribution in [0, 0.1) is 6.92 Å². The number of aromatic nitrogens is 2. The van der Waals surface area contributed by atoms with Gasteiger partial charge in [-0.1, -0.05) is 63.6 Å². The van der Waals surface area contributed by atoms with E-state index in [0.717, 1.165) is 11.1 Å². The highest BCUT2D eigenvalue weighted by Gasteiger charge is 2.25. The Hall–Kier alpha value is -2.60. The Morgan fingerprint density at radius 3 is 2.36 bits per heavy atom. The summed E-state index contributed by atoms with van der Waals surface area (Å²) < 4.78 is 13.5. The largest absolute Gasteiger partial charge is 0.452 e. The molecular formula is C26H36ClN3O3. The standard InChI is InChI=1S/C26H36ClN3O3/c1-9-11-22(31)32-18(4)33-25(24-23(27)17(3)29-30(24)10-2)21(16-28-8)19-12-14-20(15-13-19)26(5,6)7/h12-16,18H,9-11H2,1-8H3/b25-21-,28-16?. The Labute approximate surface area is 202 Å². The summed E-state index contributed by atoms with van der Waals surface area (Å²) in [7, 11) is 1.70. The molecule has 1 aromatic carbocycles. The molecule has 0 N–H and O–H groups in total. The Balaban J connectivity index is 2.69. The molecule has 0 radical (unpaired) electrons. The summed E-state index contributed by atoms with van der Waals surface area (Å²) in [6.45, 7) is 14.6. The Bertz CT molecular complexity index is 1010. The molecule has 6 nitrogen and oxygen atoms in total. The van der Waals surface area contributed by atoms with E-state index >= 15 is 0 Å². The topological polar surface area (TPSA) is 65.7 Å². The fraction of sp³-hybridized carbons (Fsp3) is 0.500. The quantitative estimate of drug-likeness (QED) is 0.182. The predicted octanol–water partition coefficient (Wildman–Crippen LogP) is 6.44. The number of carbonyl (C=O) groups is 1. The van der Waals surface area contributed by atoms with Crippen LogP contribution in [0.5, 0.6) is 0 Å². The van der Waals surface area contributed by atoms with Crippen LogP contribution in [0.2, 0.25) is 5.02 Å². The molecule has 1 atom stereocenters. The zero-order valence-corrected chi connectivity index (χ0v) is 21.8. The fourth-order valence-corrected chi connectivity index (χ4v) is 3.65. The molecule has 0 aliphatic heterocycles. The molecule has 1 heterocycles. The zero-order valence-electron chi connectivity index (χ0n) is 21.0. The Kier molecular flexibility index (Phi) is 9.29. The Morgan fingerprint density at radius 1 is 1.21 bits per heavy atom. The lowest BCUT2D eigenvalue weighted by molar-refractivity contribution is -0.164. The van der Waals surface area contributed by atoms with Gasteiger partial charge < -0.3 is 9.47 Å². The molecule has 1 unspecified atom stereocenters. The maximum Gasteiger partial charge on any atom is 0.308 e. The van der Waals surface area contributed by atoms with Crippen LogP contribution in [0.3, 0.4) is 0 Å². The maximum absolute atomic E-state index is 12.1. The van der Waals surface area contributed by atoms with Gasteiger partial charge in [-0.3, -0.25) is 14.5 Å². The van der Waals surface area contributed by atoms with Crippen LogP contribution in [0.25, 0.3) is 11.3 Å². The summed E-state index contributed by atoms with van der Waals surface area (Å²) in [5.74, 6) is 0.157. The first-order valence-electron chi connectivity index (χ1n) is 11.4. The van der Waals surface area contributed by atoms with Gasteiger partial charge >= 0.3 is 5.97 Å². The van der Waals surface area contributed by atoms with Crippen LogP contribution in [0.1, 0.15) is 76.9 Å². The van der Waals surface area contributed by atoms with Crippen molar-refractivity contribution in [3.8, 4) is 0 Å². The summed E-state index contributed by atoms with van der Waals surface area (Å²) in [6.07, 6.45) is 1.96. The lowest BCUT2D eigenvalue weighted by Crippen LogP contribution is -2.19. The van der Waals surface area contributed by atoms with Crippen molar-refractivity contribution in [1.29, 1.82) is 0 Å². The van der Waals surface area contributed by atoms with Crippen LogP contribution < -0.4 is 0 Å². The first kappa shape index (κ1) is 26.7. The normalized spacial score (nSPS) is 13.7. The van der Waals surface area contributed by atoms with Crippen molar-refractivity contribution in [3.05, 3.63) is 51.8 Å². The van der Waals surface area contributed by atoms with Gasteiger partial charge in [0.25, 0.3) is 0 Å². The average Bonchev–Trinajstić information content (AvgIpc) is 3.04. The fourth-order valence-electron chi connectivity index (χ4n) is 3.43. The number of halogens is 1. The van der Waals surface area contributed by atoms with Crippen molar-refractivity contribution >= 4 is 35.1 Å². The number of aliphatic imine (C=N–C) groups is 1. The molecule has 33 heavy (non-hydrogen) atoms. The number of hydrogen-bond donors (Lipinski definition) is 0. The van der Waals surface area contributed by atoms with Crippen LogP contribution in [0.15, 0.2) is 29.3 Å². The molecule has 0 bridgehead atoms. The van der Waals surface area contributed by atoms with E-state index in [1.165, 1.54) is 5.56 Å². The highest BCUT2D eigenvalue weighted by molar-refractivity contribution is 6.33. The van der Waals surface area contributed by atoms with Crippen molar-refractivity contribution in [3.63, 3.8) is 0 Å². The molecule has 0 saturated carbocycles. The summed E-state index contributed by atoms with van der Waals surface area (Å²) in [6, 6.07) is 8.29.